The Labute approximate surface area is 79.4 Å². The summed E-state index contributed by atoms with van der Waals surface area (Å²) in [5.41, 5.74) is 1.20. The summed E-state index contributed by atoms with van der Waals surface area (Å²) in [6, 6.07) is 8.37. The lowest BCUT2D eigenvalue weighted by Crippen LogP contribution is -1.82. The van der Waals surface area contributed by atoms with Gasteiger partial charge in [-0.25, -0.2) is 4.98 Å². The molecule has 13 heavy (non-hydrogen) atoms. The minimum atomic E-state index is 1.07. The molecule has 2 nitrogen and oxygen atoms in total. The number of fused-ring (bicyclic) bond motifs is 3. The van der Waals surface area contributed by atoms with Crippen LogP contribution in [0, 0.1) is 6.33 Å². The summed E-state index contributed by atoms with van der Waals surface area (Å²) in [5.74, 6) is 0. The van der Waals surface area contributed by atoms with Crippen LogP contribution in [0.5, 0.6) is 0 Å². The summed E-state index contributed by atoms with van der Waals surface area (Å²) in [7, 11) is 1.98. The van der Waals surface area contributed by atoms with Gasteiger partial charge in [-0.15, -0.1) is 11.3 Å². The number of nitrogens with zero attached hydrogens (tertiary/aromatic N) is 2. The summed E-state index contributed by atoms with van der Waals surface area (Å²) < 4.78 is 3.25. The lowest BCUT2D eigenvalue weighted by molar-refractivity contribution is 0.939. The van der Waals surface area contributed by atoms with Crippen molar-refractivity contribution < 1.29 is 0 Å². The number of aromatic nitrogens is 2. The molecule has 0 fully saturated rings. The van der Waals surface area contributed by atoms with E-state index in [1.165, 1.54) is 15.6 Å². The van der Waals surface area contributed by atoms with E-state index in [1.807, 2.05) is 11.6 Å². The lowest BCUT2D eigenvalue weighted by atomic mass is 10.2. The molecule has 3 rings (SSSR count). The fraction of sp³-hybridized carbons (Fsp3) is 0.100. The van der Waals surface area contributed by atoms with Gasteiger partial charge in [-0.2, -0.15) is 0 Å². The van der Waals surface area contributed by atoms with E-state index in [2.05, 4.69) is 35.6 Å². The van der Waals surface area contributed by atoms with E-state index < -0.39 is 0 Å². The minimum Gasteiger partial charge on any atom is -0.323 e. The molecule has 0 aliphatic carbocycles. The van der Waals surface area contributed by atoms with Crippen molar-refractivity contribution in [2.45, 2.75) is 0 Å². The van der Waals surface area contributed by atoms with Crippen LogP contribution in [0.1, 0.15) is 0 Å². The second-order valence-corrected chi connectivity index (χ2v) is 4.05. The molecule has 0 saturated heterocycles. The molecule has 3 aromatic rings. The fourth-order valence-corrected chi connectivity index (χ4v) is 2.65. The minimum absolute atomic E-state index is 1.07. The van der Waals surface area contributed by atoms with Crippen LogP contribution in [-0.4, -0.2) is 9.55 Å². The summed E-state index contributed by atoms with van der Waals surface area (Å²) >= 11 is 1.72. The van der Waals surface area contributed by atoms with Gasteiger partial charge in [0.25, 0.3) is 0 Å². The maximum absolute atomic E-state index is 4.21. The molecule has 0 bridgehead atoms. The maximum atomic E-state index is 4.21. The molecule has 0 saturated carbocycles. The molecule has 0 spiro atoms. The second kappa shape index (κ2) is 2.33. The quantitative estimate of drug-likeness (QED) is 0.529. The van der Waals surface area contributed by atoms with Crippen molar-refractivity contribution in [3.05, 3.63) is 30.6 Å². The SMILES string of the molecule is Cn1[c]nc2sc3ccccc3c21. The highest BCUT2D eigenvalue weighted by Gasteiger charge is 2.07. The van der Waals surface area contributed by atoms with Gasteiger partial charge in [0.2, 0.25) is 0 Å². The standard InChI is InChI=1S/C10H7N2S/c1-12-6-11-10-9(12)7-4-2-3-5-8(7)13-10/h2-5H,1H3. The van der Waals surface area contributed by atoms with Crippen molar-refractivity contribution in [3.63, 3.8) is 0 Å². The first-order valence-electron chi connectivity index (χ1n) is 4.08. The number of aryl methyl sites for hydroxylation is 1. The van der Waals surface area contributed by atoms with Gasteiger partial charge in [0.1, 0.15) is 4.83 Å². The first-order chi connectivity index (χ1) is 6.36. The van der Waals surface area contributed by atoms with Crippen LogP contribution in [0.2, 0.25) is 0 Å². The summed E-state index contributed by atoms with van der Waals surface area (Å²) in [6.45, 7) is 0. The van der Waals surface area contributed by atoms with Gasteiger partial charge >= 0.3 is 0 Å². The van der Waals surface area contributed by atoms with Gasteiger partial charge in [0.15, 0.2) is 6.33 Å². The Morgan fingerprint density at radius 2 is 2.23 bits per heavy atom. The van der Waals surface area contributed by atoms with E-state index >= 15 is 0 Å². The van der Waals surface area contributed by atoms with Gasteiger partial charge in [0.05, 0.1) is 5.52 Å². The van der Waals surface area contributed by atoms with Crippen LogP contribution in [0.25, 0.3) is 20.4 Å². The highest BCUT2D eigenvalue weighted by atomic mass is 32.1. The molecular formula is C10H7N2S. The number of benzene rings is 1. The predicted molar refractivity (Wildman–Crippen MR) is 54.9 cm³/mol. The normalized spacial score (nSPS) is 11.5. The van der Waals surface area contributed by atoms with Crippen LogP contribution in [0.4, 0.5) is 0 Å². The van der Waals surface area contributed by atoms with E-state index in [0.717, 1.165) is 4.83 Å². The van der Waals surface area contributed by atoms with Crippen molar-refractivity contribution in [2.24, 2.45) is 7.05 Å². The number of imidazole rings is 1. The Balaban J connectivity index is 2.66. The van der Waals surface area contributed by atoms with Crippen molar-refractivity contribution in [1.82, 2.24) is 9.55 Å². The Bertz CT molecular complexity index is 577. The molecule has 0 unspecified atom stereocenters. The van der Waals surface area contributed by atoms with Crippen LogP contribution in [-0.2, 0) is 7.05 Å². The predicted octanol–water partition coefficient (Wildman–Crippen LogP) is 2.59. The molecular weight excluding hydrogens is 180 g/mol. The van der Waals surface area contributed by atoms with Gasteiger partial charge in [-0.3, -0.25) is 0 Å². The molecule has 0 aliphatic heterocycles. The Morgan fingerprint density at radius 3 is 3.15 bits per heavy atom. The topological polar surface area (TPSA) is 17.8 Å². The van der Waals surface area contributed by atoms with Crippen molar-refractivity contribution in [3.8, 4) is 0 Å². The van der Waals surface area contributed by atoms with E-state index in [1.54, 1.807) is 11.3 Å². The highest BCUT2D eigenvalue weighted by molar-refractivity contribution is 7.25. The largest absolute Gasteiger partial charge is 0.323 e. The Morgan fingerprint density at radius 1 is 1.38 bits per heavy atom. The van der Waals surface area contributed by atoms with Crippen LogP contribution in [0.15, 0.2) is 24.3 Å². The van der Waals surface area contributed by atoms with E-state index in [-0.39, 0.29) is 0 Å². The molecule has 2 aromatic heterocycles. The van der Waals surface area contributed by atoms with Crippen molar-refractivity contribution in [1.29, 1.82) is 0 Å². The van der Waals surface area contributed by atoms with Crippen molar-refractivity contribution >= 4 is 31.8 Å². The smallest absolute Gasteiger partial charge is 0.178 e. The monoisotopic (exact) mass is 187 g/mol. The van der Waals surface area contributed by atoms with Crippen LogP contribution in [0.3, 0.4) is 0 Å². The molecule has 63 valence electrons. The number of thiophene rings is 1. The van der Waals surface area contributed by atoms with Gasteiger partial charge in [-0.1, -0.05) is 18.2 Å². The fourth-order valence-electron chi connectivity index (χ4n) is 1.59. The number of hydrogen-bond donors (Lipinski definition) is 0. The van der Waals surface area contributed by atoms with E-state index in [0.29, 0.717) is 0 Å². The highest BCUT2D eigenvalue weighted by Crippen LogP contribution is 2.31. The molecule has 0 atom stereocenters. The van der Waals surface area contributed by atoms with Gasteiger partial charge in [-0.05, 0) is 6.07 Å². The molecule has 0 amide bonds. The average Bonchev–Trinajstić information content (AvgIpc) is 2.66. The molecule has 1 aromatic carbocycles. The third-order valence-corrected chi connectivity index (χ3v) is 3.24. The van der Waals surface area contributed by atoms with Crippen LogP contribution >= 0.6 is 11.3 Å². The lowest BCUT2D eigenvalue weighted by Gasteiger charge is -1.90. The first-order valence-corrected chi connectivity index (χ1v) is 4.89. The molecule has 0 aliphatic rings. The summed E-state index contributed by atoms with van der Waals surface area (Å²) in [5, 5.41) is 1.28. The zero-order chi connectivity index (χ0) is 8.84. The number of hydrogen-bond acceptors (Lipinski definition) is 2. The van der Waals surface area contributed by atoms with Crippen molar-refractivity contribution in [2.75, 3.05) is 0 Å². The Hall–Kier alpha value is -1.35. The van der Waals surface area contributed by atoms with Gasteiger partial charge in [0, 0.05) is 17.1 Å². The maximum Gasteiger partial charge on any atom is 0.178 e. The Kier molecular flexibility index (Phi) is 1.27. The third-order valence-electron chi connectivity index (χ3n) is 2.19. The molecule has 2 heterocycles. The molecule has 3 heteroatoms. The first kappa shape index (κ1) is 7.09. The average molecular weight is 187 g/mol. The third kappa shape index (κ3) is 0.848. The van der Waals surface area contributed by atoms with Gasteiger partial charge < -0.3 is 4.57 Å². The second-order valence-electron chi connectivity index (χ2n) is 3.02. The van der Waals surface area contributed by atoms with E-state index in [9.17, 15) is 0 Å². The zero-order valence-corrected chi connectivity index (χ0v) is 7.93. The summed E-state index contributed by atoms with van der Waals surface area (Å²) in [6.07, 6.45) is 2.93. The molecule has 0 N–H and O–H groups in total. The molecule has 1 radical (unpaired) electrons. The zero-order valence-electron chi connectivity index (χ0n) is 7.11. The van der Waals surface area contributed by atoms with Crippen LogP contribution < -0.4 is 0 Å². The summed E-state index contributed by atoms with van der Waals surface area (Å²) in [4.78, 5) is 5.28. The number of rotatable bonds is 0. The van der Waals surface area contributed by atoms with E-state index in [4.69, 9.17) is 0 Å².